The zero-order valence-corrected chi connectivity index (χ0v) is 17.6. The number of hydrogen-bond donors (Lipinski definition) is 2. The molecule has 0 fully saturated rings. The number of benzene rings is 3. The Hall–Kier alpha value is -4.79. The van der Waals surface area contributed by atoms with E-state index in [0.29, 0.717) is 22.4 Å². The molecule has 2 N–H and O–H groups in total. The third kappa shape index (κ3) is 6.59. The fourth-order valence-electron chi connectivity index (χ4n) is 2.75. The summed E-state index contributed by atoms with van der Waals surface area (Å²) in [6, 6.07) is 21.0. The summed E-state index contributed by atoms with van der Waals surface area (Å²) >= 11 is 0. The number of nitrogens with one attached hydrogen (secondary N) is 2. The van der Waals surface area contributed by atoms with E-state index in [0.717, 1.165) is 0 Å². The number of nitro groups is 1. The van der Waals surface area contributed by atoms with Crippen LogP contribution in [0.3, 0.4) is 0 Å². The van der Waals surface area contributed by atoms with Gasteiger partial charge >= 0.3 is 0 Å². The molecule has 0 saturated heterocycles. The summed E-state index contributed by atoms with van der Waals surface area (Å²) in [7, 11) is 1.54. The molecule has 0 radical (unpaired) electrons. The van der Waals surface area contributed by atoms with Crippen LogP contribution in [0.5, 0.6) is 5.75 Å². The Balaban J connectivity index is 1.81. The maximum Gasteiger partial charge on any atom is 0.287 e. The Morgan fingerprint density at radius 2 is 1.70 bits per heavy atom. The van der Waals surface area contributed by atoms with Gasteiger partial charge in [-0.05, 0) is 53.6 Å². The summed E-state index contributed by atoms with van der Waals surface area (Å²) in [5, 5.41) is 17.4. The van der Waals surface area contributed by atoms with Crippen LogP contribution in [-0.2, 0) is 4.79 Å². The Morgan fingerprint density at radius 3 is 2.36 bits per heavy atom. The highest BCUT2D eigenvalue weighted by Gasteiger charge is 2.14. The molecule has 0 bridgehead atoms. The van der Waals surface area contributed by atoms with Gasteiger partial charge in [0.15, 0.2) is 0 Å². The van der Waals surface area contributed by atoms with E-state index >= 15 is 0 Å². The average Bonchev–Trinajstić information content (AvgIpc) is 2.84. The largest absolute Gasteiger partial charge is 0.497 e. The van der Waals surface area contributed by atoms with E-state index in [9.17, 15) is 19.7 Å². The van der Waals surface area contributed by atoms with Crippen LogP contribution in [0.2, 0.25) is 0 Å². The second kappa shape index (κ2) is 11.0. The van der Waals surface area contributed by atoms with Gasteiger partial charge in [-0.1, -0.05) is 30.3 Å². The number of amides is 2. The zero-order valence-electron chi connectivity index (χ0n) is 17.6. The third-order valence-electron chi connectivity index (χ3n) is 4.42. The van der Waals surface area contributed by atoms with Crippen LogP contribution in [0, 0.1) is 10.1 Å². The molecule has 0 aromatic heterocycles. The van der Waals surface area contributed by atoms with Gasteiger partial charge in [-0.15, -0.1) is 0 Å². The first-order chi connectivity index (χ1) is 16.0. The average molecular weight is 444 g/mol. The van der Waals surface area contributed by atoms with E-state index in [-0.39, 0.29) is 11.4 Å². The monoisotopic (exact) mass is 444 g/mol. The lowest BCUT2D eigenvalue weighted by Gasteiger charge is -2.09. The van der Waals surface area contributed by atoms with Crippen molar-refractivity contribution in [3.8, 4) is 5.75 Å². The van der Waals surface area contributed by atoms with E-state index in [2.05, 4.69) is 15.8 Å². The van der Waals surface area contributed by atoms with Crippen molar-refractivity contribution in [2.24, 2.45) is 5.10 Å². The van der Waals surface area contributed by atoms with Crippen LogP contribution in [-0.4, -0.2) is 30.1 Å². The molecule has 9 nitrogen and oxygen atoms in total. The molecule has 0 aliphatic rings. The lowest BCUT2D eigenvalue weighted by Crippen LogP contribution is -2.32. The predicted octanol–water partition coefficient (Wildman–Crippen LogP) is 3.52. The molecule has 3 aromatic carbocycles. The van der Waals surface area contributed by atoms with Crippen LogP contribution in [0.1, 0.15) is 21.5 Å². The van der Waals surface area contributed by atoms with Crippen molar-refractivity contribution in [1.29, 1.82) is 0 Å². The zero-order chi connectivity index (χ0) is 23.6. The maximum atomic E-state index is 12.8. The maximum absolute atomic E-state index is 12.8. The number of hydrogen-bond acceptors (Lipinski definition) is 6. The molecule has 9 heteroatoms. The first kappa shape index (κ1) is 22.9. The van der Waals surface area contributed by atoms with Crippen molar-refractivity contribution in [1.82, 2.24) is 10.7 Å². The molecule has 0 saturated carbocycles. The summed E-state index contributed by atoms with van der Waals surface area (Å²) in [4.78, 5) is 35.7. The lowest BCUT2D eigenvalue weighted by atomic mass is 10.1. The van der Waals surface area contributed by atoms with Crippen LogP contribution in [0.4, 0.5) is 5.69 Å². The molecule has 0 atom stereocenters. The van der Waals surface area contributed by atoms with Gasteiger partial charge in [0.05, 0.1) is 18.2 Å². The van der Waals surface area contributed by atoms with Gasteiger partial charge < -0.3 is 10.1 Å². The lowest BCUT2D eigenvalue weighted by molar-refractivity contribution is -0.384. The molecule has 0 spiro atoms. The molecule has 0 aliphatic carbocycles. The minimum atomic E-state index is -0.670. The van der Waals surface area contributed by atoms with Crippen LogP contribution < -0.4 is 15.5 Å². The minimum Gasteiger partial charge on any atom is -0.497 e. The van der Waals surface area contributed by atoms with Gasteiger partial charge in [-0.2, -0.15) is 5.10 Å². The Kier molecular flexibility index (Phi) is 7.63. The van der Waals surface area contributed by atoms with Gasteiger partial charge in [0.1, 0.15) is 11.4 Å². The Labute approximate surface area is 189 Å². The number of rotatable bonds is 8. The highest BCUT2D eigenvalue weighted by molar-refractivity contribution is 6.05. The molecule has 0 aliphatic heterocycles. The van der Waals surface area contributed by atoms with Crippen molar-refractivity contribution in [2.45, 2.75) is 0 Å². The van der Waals surface area contributed by atoms with Gasteiger partial charge in [0.2, 0.25) is 0 Å². The SMILES string of the molecule is COc1cccc(C=NNC(=O)C(=Cc2ccc([N+](=O)[O-])cc2)NC(=O)c2ccccc2)c1. The standard InChI is InChI=1S/C24H20N4O5/c1-33-21-9-5-6-18(14-21)16-25-27-24(30)22(26-23(29)19-7-3-2-4-8-19)15-17-10-12-20(13-11-17)28(31)32/h2-16H,1H3,(H,26,29)(H,27,30). The Bertz CT molecular complexity index is 1210. The summed E-state index contributed by atoms with van der Waals surface area (Å²) in [5.41, 5.74) is 3.74. The van der Waals surface area contributed by atoms with E-state index < -0.39 is 16.7 Å². The van der Waals surface area contributed by atoms with Crippen LogP contribution in [0.15, 0.2) is 89.7 Å². The van der Waals surface area contributed by atoms with Gasteiger partial charge in [0, 0.05) is 17.7 Å². The van der Waals surface area contributed by atoms with Crippen molar-refractivity contribution in [3.05, 3.63) is 111 Å². The second-order valence-electron chi connectivity index (χ2n) is 6.70. The van der Waals surface area contributed by atoms with Gasteiger partial charge in [-0.3, -0.25) is 19.7 Å². The van der Waals surface area contributed by atoms with E-state index in [4.69, 9.17) is 4.74 Å². The van der Waals surface area contributed by atoms with Gasteiger partial charge in [0.25, 0.3) is 17.5 Å². The number of hydrazone groups is 1. The van der Waals surface area contributed by atoms with E-state index in [1.165, 1.54) is 36.6 Å². The fraction of sp³-hybridized carbons (Fsp3) is 0.0417. The molecule has 0 heterocycles. The number of non-ortho nitro benzene ring substituents is 1. The smallest absolute Gasteiger partial charge is 0.287 e. The quantitative estimate of drug-likeness (QED) is 0.238. The van der Waals surface area contributed by atoms with Crippen molar-refractivity contribution in [3.63, 3.8) is 0 Å². The highest BCUT2D eigenvalue weighted by atomic mass is 16.6. The van der Waals surface area contributed by atoms with E-state index in [1.54, 1.807) is 61.7 Å². The van der Waals surface area contributed by atoms with Crippen molar-refractivity contribution >= 4 is 29.8 Å². The number of carbonyl (C=O) groups excluding carboxylic acids is 2. The number of carbonyl (C=O) groups is 2. The summed E-state index contributed by atoms with van der Waals surface area (Å²) in [5.74, 6) is -0.522. The fourth-order valence-corrected chi connectivity index (χ4v) is 2.75. The van der Waals surface area contributed by atoms with Crippen molar-refractivity contribution in [2.75, 3.05) is 7.11 Å². The summed E-state index contributed by atoms with van der Waals surface area (Å²) < 4.78 is 5.15. The number of nitrogens with zero attached hydrogens (tertiary/aromatic N) is 2. The Morgan fingerprint density at radius 1 is 0.970 bits per heavy atom. The summed E-state index contributed by atoms with van der Waals surface area (Å²) in [6.07, 6.45) is 2.84. The summed E-state index contributed by atoms with van der Waals surface area (Å²) in [6.45, 7) is 0. The molecule has 3 aromatic rings. The topological polar surface area (TPSA) is 123 Å². The highest BCUT2D eigenvalue weighted by Crippen LogP contribution is 2.14. The molecule has 166 valence electrons. The molecule has 2 amide bonds. The molecule has 33 heavy (non-hydrogen) atoms. The molecule has 0 unspecified atom stereocenters. The minimum absolute atomic E-state index is 0.0829. The number of ether oxygens (including phenoxy) is 1. The van der Waals surface area contributed by atoms with Crippen LogP contribution in [0.25, 0.3) is 6.08 Å². The second-order valence-corrected chi connectivity index (χ2v) is 6.70. The number of nitro benzene ring substituents is 1. The van der Waals surface area contributed by atoms with Gasteiger partial charge in [-0.25, -0.2) is 5.43 Å². The molecule has 3 rings (SSSR count). The van der Waals surface area contributed by atoms with Crippen molar-refractivity contribution < 1.29 is 19.2 Å². The van der Waals surface area contributed by atoms with Crippen LogP contribution >= 0.6 is 0 Å². The molecular formula is C24H20N4O5. The first-order valence-electron chi connectivity index (χ1n) is 9.76. The normalized spacial score (nSPS) is 11.1. The predicted molar refractivity (Wildman–Crippen MR) is 124 cm³/mol. The molecular weight excluding hydrogens is 424 g/mol. The van der Waals surface area contributed by atoms with E-state index in [1.807, 2.05) is 0 Å². The number of methoxy groups -OCH3 is 1. The third-order valence-corrected chi connectivity index (χ3v) is 4.42. The first-order valence-corrected chi connectivity index (χ1v) is 9.76.